The van der Waals surface area contributed by atoms with Gasteiger partial charge in [0.1, 0.15) is 5.75 Å². The van der Waals surface area contributed by atoms with Gasteiger partial charge in [0.05, 0.1) is 36.8 Å². The SMILES string of the molecule is COC(=O)c1ccc2c(c1)N(C[C@@H]1CC[C@H]1[C@@H](OC)C1=CC[C@@H](CS(N)(=O)=O)CC1)C[C@@]1(CCCc3cc(Cl)ccc31)CO2. The number of esters is 1. The molecule has 238 valence electrons. The highest BCUT2D eigenvalue weighted by Crippen LogP contribution is 2.48. The van der Waals surface area contributed by atoms with E-state index in [1.807, 2.05) is 18.2 Å². The maximum Gasteiger partial charge on any atom is 0.337 e. The summed E-state index contributed by atoms with van der Waals surface area (Å²) in [5.41, 5.74) is 5.10. The maximum atomic E-state index is 12.6. The Balaban J connectivity index is 1.29. The molecule has 44 heavy (non-hydrogen) atoms. The molecule has 4 aliphatic rings. The van der Waals surface area contributed by atoms with Gasteiger partial charge in [0, 0.05) is 30.6 Å². The Bertz CT molecular complexity index is 1540. The van der Waals surface area contributed by atoms with Crippen LogP contribution in [0.4, 0.5) is 5.69 Å². The van der Waals surface area contributed by atoms with Gasteiger partial charge in [-0.15, -0.1) is 0 Å². The second-order valence-corrected chi connectivity index (χ2v) is 15.3. The lowest BCUT2D eigenvalue weighted by Gasteiger charge is -2.47. The van der Waals surface area contributed by atoms with Gasteiger partial charge in [-0.05, 0) is 116 Å². The standard InChI is InChI=1S/C34H43ClN2O6S/c1-41-32(23-7-5-22(6-8-23)19-44(36,39)40)28-12-9-26(28)18-37-20-34(15-3-4-24-16-27(35)11-13-29(24)34)21-43-31-14-10-25(17-30(31)37)33(38)42-2/h7,10-11,13-14,16-17,22,26,28,32H,3-6,8-9,12,15,18-21H2,1-2H3,(H2,36,39,40)/t22-,26+,28-,32+,34+/m1/s1. The minimum Gasteiger partial charge on any atom is -0.490 e. The number of fused-ring (bicyclic) bond motifs is 3. The van der Waals surface area contributed by atoms with Gasteiger partial charge >= 0.3 is 5.97 Å². The molecule has 2 N–H and O–H groups in total. The van der Waals surface area contributed by atoms with Crippen molar-refractivity contribution in [2.45, 2.75) is 62.9 Å². The number of ether oxygens (including phenoxy) is 3. The molecule has 1 saturated carbocycles. The molecule has 0 radical (unpaired) electrons. The molecular weight excluding hydrogens is 600 g/mol. The van der Waals surface area contributed by atoms with Crippen molar-refractivity contribution in [1.82, 2.24) is 0 Å². The highest BCUT2D eigenvalue weighted by atomic mass is 35.5. The summed E-state index contributed by atoms with van der Waals surface area (Å²) in [5, 5.41) is 6.08. The Morgan fingerprint density at radius 3 is 2.68 bits per heavy atom. The van der Waals surface area contributed by atoms with Crippen molar-refractivity contribution in [1.29, 1.82) is 0 Å². The van der Waals surface area contributed by atoms with E-state index in [1.165, 1.54) is 23.8 Å². The van der Waals surface area contributed by atoms with Crippen LogP contribution in [0.3, 0.4) is 0 Å². The number of allylic oxidation sites excluding steroid dienone is 1. The molecule has 2 aromatic rings. The van der Waals surface area contributed by atoms with Crippen LogP contribution in [0.2, 0.25) is 5.02 Å². The van der Waals surface area contributed by atoms with E-state index < -0.39 is 10.0 Å². The van der Waals surface area contributed by atoms with Crippen molar-refractivity contribution in [2.24, 2.45) is 22.9 Å². The number of sulfonamides is 1. The smallest absolute Gasteiger partial charge is 0.337 e. The molecule has 0 unspecified atom stereocenters. The van der Waals surface area contributed by atoms with Crippen LogP contribution in [0.25, 0.3) is 0 Å². The van der Waals surface area contributed by atoms with Crippen LogP contribution in [0.5, 0.6) is 5.75 Å². The van der Waals surface area contributed by atoms with Crippen molar-refractivity contribution in [2.75, 3.05) is 44.6 Å². The third kappa shape index (κ3) is 6.39. The number of methoxy groups -OCH3 is 2. The quantitative estimate of drug-likeness (QED) is 0.293. The van der Waals surface area contributed by atoms with Gasteiger partial charge in [-0.2, -0.15) is 0 Å². The molecule has 0 aromatic heterocycles. The van der Waals surface area contributed by atoms with Gasteiger partial charge in [-0.3, -0.25) is 0 Å². The Labute approximate surface area is 265 Å². The van der Waals surface area contributed by atoms with Crippen LogP contribution < -0.4 is 14.8 Å². The second-order valence-electron chi connectivity index (χ2n) is 13.2. The van der Waals surface area contributed by atoms with Crippen molar-refractivity contribution in [3.05, 3.63) is 69.8 Å². The molecule has 0 amide bonds. The molecule has 10 heteroatoms. The molecule has 0 bridgehead atoms. The average molecular weight is 643 g/mol. The van der Waals surface area contributed by atoms with Gasteiger partial charge < -0.3 is 19.1 Å². The first-order valence-corrected chi connectivity index (χ1v) is 17.8. The number of primary sulfonamides is 1. The normalized spacial score (nSPS) is 27.2. The molecule has 5 atom stereocenters. The highest BCUT2D eigenvalue weighted by Gasteiger charge is 2.45. The molecule has 0 saturated heterocycles. The molecule has 8 nitrogen and oxygen atoms in total. The summed E-state index contributed by atoms with van der Waals surface area (Å²) in [6.07, 6.45) is 9.78. The molecule has 6 rings (SSSR count). The number of anilines is 1. The predicted molar refractivity (Wildman–Crippen MR) is 172 cm³/mol. The van der Waals surface area contributed by atoms with E-state index in [2.05, 4.69) is 23.1 Å². The van der Waals surface area contributed by atoms with E-state index >= 15 is 0 Å². The second kappa shape index (κ2) is 12.7. The van der Waals surface area contributed by atoms with Crippen molar-refractivity contribution >= 4 is 33.3 Å². The Hall–Kier alpha value is -2.59. The zero-order chi connectivity index (χ0) is 31.1. The summed E-state index contributed by atoms with van der Waals surface area (Å²) in [6, 6.07) is 11.9. The Morgan fingerprint density at radius 2 is 2.00 bits per heavy atom. The first-order chi connectivity index (χ1) is 21.1. The lowest BCUT2D eigenvalue weighted by Crippen LogP contribution is -2.50. The van der Waals surface area contributed by atoms with Gasteiger partial charge in [0.2, 0.25) is 10.0 Å². The fraction of sp³-hybridized carbons (Fsp3) is 0.559. The largest absolute Gasteiger partial charge is 0.490 e. The summed E-state index contributed by atoms with van der Waals surface area (Å²) in [6.45, 7) is 2.15. The number of carbonyl (C=O) groups is 1. The van der Waals surface area contributed by atoms with Crippen LogP contribution in [-0.2, 0) is 31.3 Å². The summed E-state index contributed by atoms with van der Waals surface area (Å²) in [5.74, 6) is 1.25. The van der Waals surface area contributed by atoms with Gasteiger partial charge in [-0.25, -0.2) is 18.4 Å². The fourth-order valence-electron chi connectivity index (χ4n) is 8.11. The number of hydrogen-bond donors (Lipinski definition) is 1. The molecule has 1 fully saturated rings. The van der Waals surface area contributed by atoms with Crippen molar-refractivity contribution in [3.8, 4) is 5.75 Å². The number of benzene rings is 2. The predicted octanol–water partition coefficient (Wildman–Crippen LogP) is 5.66. The average Bonchev–Trinajstić information content (AvgIpc) is 3.14. The van der Waals surface area contributed by atoms with Crippen molar-refractivity contribution in [3.63, 3.8) is 0 Å². The van der Waals surface area contributed by atoms with Gasteiger partial charge in [-0.1, -0.05) is 23.7 Å². The monoisotopic (exact) mass is 642 g/mol. The van der Waals surface area contributed by atoms with E-state index in [0.717, 1.165) is 74.5 Å². The lowest BCUT2D eigenvalue weighted by molar-refractivity contribution is 0.00323. The third-order valence-electron chi connectivity index (χ3n) is 10.4. The molecule has 3 aliphatic carbocycles. The molecule has 1 heterocycles. The number of halogens is 1. The minimum absolute atomic E-state index is 0.000191. The molecular formula is C34H43ClN2O6S. The highest BCUT2D eigenvalue weighted by molar-refractivity contribution is 7.89. The number of carbonyl (C=O) groups excluding carboxylic acids is 1. The molecule has 1 aliphatic heterocycles. The molecule has 2 aromatic carbocycles. The topological polar surface area (TPSA) is 108 Å². The summed E-state index contributed by atoms with van der Waals surface area (Å²) in [4.78, 5) is 15.0. The number of nitrogens with two attached hydrogens (primary N) is 1. The van der Waals surface area contributed by atoms with Gasteiger partial charge in [0.25, 0.3) is 0 Å². The van der Waals surface area contributed by atoms with Crippen molar-refractivity contribution < 1.29 is 27.4 Å². The van der Waals surface area contributed by atoms with E-state index in [0.29, 0.717) is 30.4 Å². The summed E-state index contributed by atoms with van der Waals surface area (Å²) >= 11 is 6.42. The van der Waals surface area contributed by atoms with Crippen LogP contribution in [-0.4, -0.2) is 60.2 Å². The Kier molecular flexibility index (Phi) is 9.03. The first-order valence-electron chi connectivity index (χ1n) is 15.7. The van der Waals surface area contributed by atoms with Gasteiger partial charge in [0.15, 0.2) is 0 Å². The zero-order valence-corrected chi connectivity index (χ0v) is 27.2. The summed E-state index contributed by atoms with van der Waals surface area (Å²) in [7, 11) is -0.293. The van der Waals surface area contributed by atoms with Crippen LogP contribution in [0.15, 0.2) is 48.0 Å². The van der Waals surface area contributed by atoms with Crippen LogP contribution in [0.1, 0.15) is 66.4 Å². The minimum atomic E-state index is -3.48. The number of rotatable bonds is 8. The number of nitrogens with zero attached hydrogens (tertiary/aromatic N) is 1. The van der Waals surface area contributed by atoms with E-state index in [9.17, 15) is 13.2 Å². The van der Waals surface area contributed by atoms with Crippen LogP contribution >= 0.6 is 11.6 Å². The van der Waals surface area contributed by atoms with Crippen LogP contribution in [0, 0.1) is 17.8 Å². The fourth-order valence-corrected chi connectivity index (χ4v) is 9.26. The number of aryl methyl sites for hydroxylation is 1. The maximum absolute atomic E-state index is 12.6. The third-order valence-corrected chi connectivity index (χ3v) is 11.6. The summed E-state index contributed by atoms with van der Waals surface area (Å²) < 4.78 is 41.1. The van der Waals surface area contributed by atoms with E-state index in [1.54, 1.807) is 13.2 Å². The zero-order valence-electron chi connectivity index (χ0n) is 25.6. The molecule has 1 spiro atoms. The first kappa shape index (κ1) is 31.4. The lowest BCUT2D eigenvalue weighted by atomic mass is 9.66. The Morgan fingerprint density at radius 1 is 1.16 bits per heavy atom. The van der Waals surface area contributed by atoms with E-state index in [-0.39, 0.29) is 29.2 Å². The number of hydrogen-bond acceptors (Lipinski definition) is 7. The van der Waals surface area contributed by atoms with E-state index in [4.69, 9.17) is 31.0 Å².